The molecule has 0 aliphatic carbocycles. The highest BCUT2D eigenvalue weighted by molar-refractivity contribution is 5.86. The number of rotatable bonds is 3. The average Bonchev–Trinajstić information content (AvgIpc) is 2.84. The van der Waals surface area contributed by atoms with E-state index >= 15 is 0 Å². The number of amides is 1. The van der Waals surface area contributed by atoms with Crippen LogP contribution in [-0.2, 0) is 4.79 Å². The molecule has 3 heteroatoms. The van der Waals surface area contributed by atoms with Crippen molar-refractivity contribution in [1.82, 2.24) is 5.32 Å². The zero-order valence-corrected chi connectivity index (χ0v) is 11.7. The van der Waals surface area contributed by atoms with E-state index in [2.05, 4.69) is 10.3 Å². The molecule has 1 N–H and O–H groups in total. The van der Waals surface area contributed by atoms with Gasteiger partial charge in [0.1, 0.15) is 0 Å². The van der Waals surface area contributed by atoms with E-state index in [0.29, 0.717) is 6.54 Å². The molecular weight excluding hydrogens is 236 g/mol. The molecule has 0 unspecified atom stereocenters. The molecule has 0 radical (unpaired) electrons. The minimum absolute atomic E-state index is 0.0688. The smallest absolute Gasteiger partial charge is 0.225 e. The van der Waals surface area contributed by atoms with Crippen LogP contribution in [0, 0.1) is 5.41 Å². The second kappa shape index (κ2) is 5.39. The quantitative estimate of drug-likeness (QED) is 0.887. The number of aliphatic imine (C=N–C) groups is 1. The number of carbonyl (C=O) groups is 1. The zero-order valence-electron chi connectivity index (χ0n) is 11.7. The summed E-state index contributed by atoms with van der Waals surface area (Å²) in [5.74, 6) is 0.0688. The molecule has 0 aromatic heterocycles. The molecule has 3 nitrogen and oxygen atoms in total. The largest absolute Gasteiger partial charge is 0.352 e. The summed E-state index contributed by atoms with van der Waals surface area (Å²) in [6.07, 6.45) is 2.72. The van der Waals surface area contributed by atoms with Crippen LogP contribution in [0.25, 0.3) is 5.70 Å². The van der Waals surface area contributed by atoms with Gasteiger partial charge in [0.2, 0.25) is 5.91 Å². The Bertz CT molecular complexity index is 521. The highest BCUT2D eigenvalue weighted by Gasteiger charge is 2.22. The standard InChI is InChI=1S/C16H20N2O/c1-16(2,3)15(19)18-11-13-9-10-17-14(13)12-7-5-4-6-8-12/h4-8,10H,9,11H2,1-3H3,(H,18,19). The Morgan fingerprint density at radius 2 is 1.95 bits per heavy atom. The Morgan fingerprint density at radius 3 is 2.58 bits per heavy atom. The van der Waals surface area contributed by atoms with Crippen LogP contribution in [-0.4, -0.2) is 18.7 Å². The lowest BCUT2D eigenvalue weighted by Crippen LogP contribution is -2.35. The number of benzene rings is 1. The molecule has 1 aromatic rings. The van der Waals surface area contributed by atoms with Crippen LogP contribution < -0.4 is 5.32 Å². The van der Waals surface area contributed by atoms with Crippen molar-refractivity contribution in [3.05, 3.63) is 41.5 Å². The van der Waals surface area contributed by atoms with E-state index in [-0.39, 0.29) is 11.3 Å². The van der Waals surface area contributed by atoms with Gasteiger partial charge in [0, 0.05) is 30.2 Å². The summed E-state index contributed by atoms with van der Waals surface area (Å²) in [5.41, 5.74) is 2.92. The zero-order chi connectivity index (χ0) is 13.9. The van der Waals surface area contributed by atoms with Gasteiger partial charge < -0.3 is 5.32 Å². The summed E-state index contributed by atoms with van der Waals surface area (Å²) in [5, 5.41) is 2.99. The molecule has 0 fully saturated rings. The molecule has 0 saturated carbocycles. The van der Waals surface area contributed by atoms with Crippen molar-refractivity contribution in [2.45, 2.75) is 27.2 Å². The molecule has 0 saturated heterocycles. The minimum Gasteiger partial charge on any atom is -0.352 e. The van der Waals surface area contributed by atoms with Gasteiger partial charge in [-0.25, -0.2) is 0 Å². The van der Waals surface area contributed by atoms with Gasteiger partial charge in [0.15, 0.2) is 0 Å². The SMILES string of the molecule is CC(C)(C)C(=O)NCC1=C(c2ccccc2)N=CC1. The first-order valence-corrected chi connectivity index (χ1v) is 6.57. The van der Waals surface area contributed by atoms with Gasteiger partial charge in [-0.1, -0.05) is 51.1 Å². The molecule has 1 heterocycles. The maximum atomic E-state index is 11.9. The third kappa shape index (κ3) is 3.31. The minimum atomic E-state index is -0.354. The van der Waals surface area contributed by atoms with Crippen LogP contribution in [0.3, 0.4) is 0 Å². The van der Waals surface area contributed by atoms with Crippen molar-refractivity contribution >= 4 is 17.8 Å². The molecular formula is C16H20N2O. The van der Waals surface area contributed by atoms with E-state index in [0.717, 1.165) is 17.7 Å². The predicted octanol–water partition coefficient (Wildman–Crippen LogP) is 3.03. The Kier molecular flexibility index (Phi) is 3.84. The Balaban J connectivity index is 2.10. The maximum Gasteiger partial charge on any atom is 0.225 e. The summed E-state index contributed by atoms with van der Waals surface area (Å²) in [6.45, 7) is 6.32. The maximum absolute atomic E-state index is 11.9. The molecule has 1 aliphatic rings. The number of hydrogen-bond donors (Lipinski definition) is 1. The van der Waals surface area contributed by atoms with Gasteiger partial charge in [-0.05, 0) is 5.57 Å². The molecule has 1 aliphatic heterocycles. The second-order valence-electron chi connectivity index (χ2n) is 5.77. The Morgan fingerprint density at radius 1 is 1.26 bits per heavy atom. The number of nitrogens with one attached hydrogen (secondary N) is 1. The van der Waals surface area contributed by atoms with Crippen LogP contribution >= 0.6 is 0 Å². The summed E-state index contributed by atoms with van der Waals surface area (Å²) in [4.78, 5) is 16.3. The average molecular weight is 256 g/mol. The van der Waals surface area contributed by atoms with Gasteiger partial charge in [-0.3, -0.25) is 9.79 Å². The Labute approximate surface area is 114 Å². The Hall–Kier alpha value is -1.90. The van der Waals surface area contributed by atoms with E-state index < -0.39 is 0 Å². The molecule has 100 valence electrons. The van der Waals surface area contributed by atoms with Gasteiger partial charge in [0.25, 0.3) is 0 Å². The highest BCUT2D eigenvalue weighted by Crippen LogP contribution is 2.25. The first-order valence-electron chi connectivity index (χ1n) is 6.57. The number of nitrogens with zero attached hydrogens (tertiary/aromatic N) is 1. The van der Waals surface area contributed by atoms with E-state index in [4.69, 9.17) is 0 Å². The first kappa shape index (κ1) is 13.5. The van der Waals surface area contributed by atoms with Crippen molar-refractivity contribution < 1.29 is 4.79 Å². The fraction of sp³-hybridized carbons (Fsp3) is 0.375. The summed E-state index contributed by atoms with van der Waals surface area (Å²) in [6, 6.07) is 10.1. The molecule has 2 rings (SSSR count). The van der Waals surface area contributed by atoms with Crippen molar-refractivity contribution in [3.8, 4) is 0 Å². The van der Waals surface area contributed by atoms with Gasteiger partial charge in [-0.2, -0.15) is 0 Å². The molecule has 1 aromatic carbocycles. The molecule has 0 atom stereocenters. The fourth-order valence-corrected chi connectivity index (χ4v) is 1.92. The van der Waals surface area contributed by atoms with Crippen LogP contribution in [0.4, 0.5) is 0 Å². The lowest BCUT2D eigenvalue weighted by Gasteiger charge is -2.18. The van der Waals surface area contributed by atoms with Crippen LogP contribution in [0.15, 0.2) is 40.9 Å². The second-order valence-corrected chi connectivity index (χ2v) is 5.77. The summed E-state index contributed by atoms with van der Waals surface area (Å²) >= 11 is 0. The first-order chi connectivity index (χ1) is 8.98. The lowest BCUT2D eigenvalue weighted by atomic mass is 9.95. The number of carbonyl (C=O) groups excluding carboxylic acids is 1. The van der Waals surface area contributed by atoms with E-state index in [1.165, 1.54) is 5.57 Å². The van der Waals surface area contributed by atoms with Crippen LogP contribution in [0.2, 0.25) is 0 Å². The van der Waals surface area contributed by atoms with Gasteiger partial charge in [-0.15, -0.1) is 0 Å². The van der Waals surface area contributed by atoms with Gasteiger partial charge >= 0.3 is 0 Å². The monoisotopic (exact) mass is 256 g/mol. The van der Waals surface area contributed by atoms with Crippen molar-refractivity contribution in [2.24, 2.45) is 10.4 Å². The summed E-state index contributed by atoms with van der Waals surface area (Å²) in [7, 11) is 0. The molecule has 0 spiro atoms. The van der Waals surface area contributed by atoms with E-state index in [9.17, 15) is 4.79 Å². The molecule has 0 bridgehead atoms. The van der Waals surface area contributed by atoms with Crippen molar-refractivity contribution in [1.29, 1.82) is 0 Å². The van der Waals surface area contributed by atoms with Gasteiger partial charge in [0.05, 0.1) is 5.70 Å². The molecule has 19 heavy (non-hydrogen) atoms. The van der Waals surface area contributed by atoms with Crippen molar-refractivity contribution in [2.75, 3.05) is 6.54 Å². The van der Waals surface area contributed by atoms with Crippen LogP contribution in [0.5, 0.6) is 0 Å². The van der Waals surface area contributed by atoms with Crippen LogP contribution in [0.1, 0.15) is 32.8 Å². The van der Waals surface area contributed by atoms with E-state index in [1.54, 1.807) is 0 Å². The third-order valence-corrected chi connectivity index (χ3v) is 3.08. The third-order valence-electron chi connectivity index (χ3n) is 3.08. The predicted molar refractivity (Wildman–Crippen MR) is 78.9 cm³/mol. The normalized spacial score (nSPS) is 14.9. The highest BCUT2D eigenvalue weighted by atomic mass is 16.2. The van der Waals surface area contributed by atoms with Crippen molar-refractivity contribution in [3.63, 3.8) is 0 Å². The van der Waals surface area contributed by atoms with E-state index in [1.807, 2.05) is 57.3 Å². The topological polar surface area (TPSA) is 41.5 Å². The summed E-state index contributed by atoms with van der Waals surface area (Å²) < 4.78 is 0. The number of hydrogen-bond acceptors (Lipinski definition) is 2. The fourth-order valence-electron chi connectivity index (χ4n) is 1.92. The molecule has 1 amide bonds. The lowest BCUT2D eigenvalue weighted by molar-refractivity contribution is -0.128.